The Morgan fingerprint density at radius 2 is 1.62 bits per heavy atom. The van der Waals surface area contributed by atoms with Crippen molar-refractivity contribution in [1.82, 2.24) is 10.6 Å². The summed E-state index contributed by atoms with van der Waals surface area (Å²) in [5.74, 6) is -1.26. The van der Waals surface area contributed by atoms with Gasteiger partial charge in [-0.2, -0.15) is 0 Å². The highest BCUT2D eigenvalue weighted by molar-refractivity contribution is 6.25. The minimum Gasteiger partial charge on any atom is -0.369 e. The van der Waals surface area contributed by atoms with Gasteiger partial charge in [0.05, 0.1) is 17.9 Å². The van der Waals surface area contributed by atoms with Crippen LogP contribution in [0, 0.1) is 13.8 Å². The molecule has 110 valence electrons. The summed E-state index contributed by atoms with van der Waals surface area (Å²) in [5.41, 5.74) is 2.32. The highest BCUT2D eigenvalue weighted by Gasteiger charge is 2.53. The third-order valence-corrected chi connectivity index (χ3v) is 4.08. The van der Waals surface area contributed by atoms with E-state index in [1.807, 2.05) is 37.9 Å². The number of nitrogens with one attached hydrogen (secondary N) is 3. The van der Waals surface area contributed by atoms with Gasteiger partial charge in [0.1, 0.15) is 0 Å². The maximum absolute atomic E-state index is 12.2. The van der Waals surface area contributed by atoms with Crippen LogP contribution in [0.2, 0.25) is 0 Å². The largest absolute Gasteiger partial charge is 0.369 e. The lowest BCUT2D eigenvalue weighted by atomic mass is 9.90. The Morgan fingerprint density at radius 1 is 1.05 bits per heavy atom. The number of urea groups is 1. The molecule has 0 bridgehead atoms. The summed E-state index contributed by atoms with van der Waals surface area (Å²) in [5, 5.41) is 7.31. The van der Waals surface area contributed by atoms with Gasteiger partial charge in [0.15, 0.2) is 0 Å². The van der Waals surface area contributed by atoms with E-state index in [2.05, 4.69) is 16.0 Å². The zero-order valence-corrected chi connectivity index (χ0v) is 12.0. The third-order valence-electron chi connectivity index (χ3n) is 4.08. The van der Waals surface area contributed by atoms with Crippen molar-refractivity contribution in [3.8, 4) is 0 Å². The Labute approximate surface area is 121 Å². The number of nitrogens with zero attached hydrogens (tertiary/aromatic N) is 1. The number of likely N-dealkylation sites (N-methyl/N-ethyl adjacent to an activating group) is 1. The highest BCUT2D eigenvalue weighted by atomic mass is 16.2. The van der Waals surface area contributed by atoms with Gasteiger partial charge in [-0.1, -0.05) is 0 Å². The molecule has 1 spiro atoms. The molecule has 4 amide bonds. The van der Waals surface area contributed by atoms with E-state index in [0.29, 0.717) is 5.69 Å². The molecule has 0 atom stereocenters. The SMILES string of the molecule is Cc1cc2c(cc1C)N(C)CC1(N2)C(=O)NC(=O)NC1=O. The van der Waals surface area contributed by atoms with Gasteiger partial charge in [0.2, 0.25) is 5.54 Å². The second-order valence-electron chi connectivity index (χ2n) is 5.58. The van der Waals surface area contributed by atoms with Gasteiger partial charge in [-0.05, 0) is 37.1 Å². The fraction of sp³-hybridized carbons (Fsp3) is 0.357. The smallest absolute Gasteiger partial charge is 0.328 e. The van der Waals surface area contributed by atoms with E-state index in [4.69, 9.17) is 0 Å². The standard InChI is InChI=1S/C14H16N4O3/c1-7-4-9-10(5-8(7)2)18(3)6-14(17-9)11(19)15-13(21)16-12(14)20/h4-5,17H,6H2,1-3H3,(H2,15,16,19,20,21). The van der Waals surface area contributed by atoms with Gasteiger partial charge in [-0.3, -0.25) is 20.2 Å². The Balaban J connectivity index is 2.09. The molecule has 2 aliphatic heterocycles. The van der Waals surface area contributed by atoms with Crippen LogP contribution in [0.4, 0.5) is 16.2 Å². The van der Waals surface area contributed by atoms with Gasteiger partial charge in [0.25, 0.3) is 11.8 Å². The average molecular weight is 288 g/mol. The molecule has 21 heavy (non-hydrogen) atoms. The number of carbonyl (C=O) groups excluding carboxylic acids is 3. The maximum atomic E-state index is 12.2. The van der Waals surface area contributed by atoms with Crippen LogP contribution < -0.4 is 20.9 Å². The van der Waals surface area contributed by atoms with Crippen molar-refractivity contribution in [1.29, 1.82) is 0 Å². The van der Waals surface area contributed by atoms with Crippen LogP contribution in [0.25, 0.3) is 0 Å². The summed E-state index contributed by atoms with van der Waals surface area (Å²) < 4.78 is 0. The lowest BCUT2D eigenvalue weighted by Gasteiger charge is -2.43. The molecule has 0 unspecified atom stereocenters. The summed E-state index contributed by atoms with van der Waals surface area (Å²) in [6.45, 7) is 4.11. The molecule has 2 aliphatic rings. The number of amides is 4. The summed E-state index contributed by atoms with van der Waals surface area (Å²) in [6, 6.07) is 3.12. The molecule has 7 nitrogen and oxygen atoms in total. The van der Waals surface area contributed by atoms with Crippen LogP contribution in [0.3, 0.4) is 0 Å². The molecule has 0 saturated carbocycles. The van der Waals surface area contributed by atoms with Gasteiger partial charge >= 0.3 is 6.03 Å². The second-order valence-corrected chi connectivity index (χ2v) is 5.58. The van der Waals surface area contributed by atoms with E-state index in [0.717, 1.165) is 16.8 Å². The van der Waals surface area contributed by atoms with E-state index in [1.54, 1.807) is 0 Å². The summed E-state index contributed by atoms with van der Waals surface area (Å²) >= 11 is 0. The van der Waals surface area contributed by atoms with Gasteiger partial charge in [0, 0.05) is 7.05 Å². The second kappa shape index (κ2) is 4.21. The number of fused-ring (bicyclic) bond motifs is 1. The number of anilines is 2. The van der Waals surface area contributed by atoms with E-state index in [-0.39, 0.29) is 6.54 Å². The molecular weight excluding hydrogens is 272 g/mol. The molecule has 1 saturated heterocycles. The van der Waals surface area contributed by atoms with E-state index >= 15 is 0 Å². The highest BCUT2D eigenvalue weighted by Crippen LogP contribution is 2.36. The van der Waals surface area contributed by atoms with Gasteiger partial charge in [-0.15, -0.1) is 0 Å². The Kier molecular flexibility index (Phi) is 2.69. The van der Waals surface area contributed by atoms with Crippen molar-refractivity contribution in [3.05, 3.63) is 23.3 Å². The summed E-state index contributed by atoms with van der Waals surface area (Å²) in [7, 11) is 1.81. The quantitative estimate of drug-likeness (QED) is 0.596. The summed E-state index contributed by atoms with van der Waals surface area (Å²) in [4.78, 5) is 37.5. The number of hydrogen-bond acceptors (Lipinski definition) is 5. The van der Waals surface area contributed by atoms with E-state index in [1.165, 1.54) is 0 Å². The van der Waals surface area contributed by atoms with E-state index < -0.39 is 23.4 Å². The lowest BCUT2D eigenvalue weighted by Crippen LogP contribution is -2.74. The first-order valence-corrected chi connectivity index (χ1v) is 6.61. The normalized spacial score (nSPS) is 19.8. The first-order chi connectivity index (χ1) is 9.83. The fourth-order valence-electron chi connectivity index (χ4n) is 2.74. The molecule has 1 fully saturated rings. The first kappa shape index (κ1) is 13.4. The monoisotopic (exact) mass is 288 g/mol. The Bertz CT molecular complexity index is 663. The van der Waals surface area contributed by atoms with Crippen LogP contribution in [0.5, 0.6) is 0 Å². The molecule has 0 aromatic heterocycles. The van der Waals surface area contributed by atoms with Crippen molar-refractivity contribution in [2.45, 2.75) is 19.4 Å². The molecule has 1 aromatic rings. The van der Waals surface area contributed by atoms with Crippen LogP contribution >= 0.6 is 0 Å². The molecule has 2 heterocycles. The third kappa shape index (κ3) is 1.84. The zero-order valence-electron chi connectivity index (χ0n) is 12.0. The van der Waals surface area contributed by atoms with Crippen molar-refractivity contribution < 1.29 is 14.4 Å². The van der Waals surface area contributed by atoms with Crippen LogP contribution in [-0.4, -0.2) is 37.0 Å². The molecule has 0 aliphatic carbocycles. The molecular formula is C14H16N4O3. The molecule has 0 radical (unpaired) electrons. The van der Waals surface area contributed by atoms with Crippen molar-refractivity contribution in [3.63, 3.8) is 0 Å². The number of rotatable bonds is 0. The summed E-state index contributed by atoms with van der Waals surface area (Å²) in [6.07, 6.45) is 0. The van der Waals surface area contributed by atoms with Crippen LogP contribution in [0.1, 0.15) is 11.1 Å². The van der Waals surface area contributed by atoms with Crippen molar-refractivity contribution in [2.24, 2.45) is 0 Å². The van der Waals surface area contributed by atoms with Crippen LogP contribution in [-0.2, 0) is 9.59 Å². The fourth-order valence-corrected chi connectivity index (χ4v) is 2.74. The predicted octanol–water partition coefficient (Wildman–Crippen LogP) is 0.270. The molecule has 3 rings (SSSR count). The Morgan fingerprint density at radius 3 is 2.24 bits per heavy atom. The predicted molar refractivity (Wildman–Crippen MR) is 77.2 cm³/mol. The van der Waals surface area contributed by atoms with Gasteiger partial charge < -0.3 is 10.2 Å². The lowest BCUT2D eigenvalue weighted by molar-refractivity contribution is -0.136. The van der Waals surface area contributed by atoms with Crippen molar-refractivity contribution >= 4 is 29.2 Å². The van der Waals surface area contributed by atoms with Crippen molar-refractivity contribution in [2.75, 3.05) is 23.8 Å². The minimum atomic E-state index is -1.49. The van der Waals surface area contributed by atoms with Crippen LogP contribution in [0.15, 0.2) is 12.1 Å². The number of carbonyl (C=O) groups is 3. The Hall–Kier alpha value is -2.57. The number of barbiturate groups is 1. The average Bonchev–Trinajstić information content (AvgIpc) is 2.39. The zero-order chi connectivity index (χ0) is 15.4. The number of hydrogen-bond donors (Lipinski definition) is 3. The maximum Gasteiger partial charge on any atom is 0.328 e. The number of aryl methyl sites for hydroxylation is 2. The van der Waals surface area contributed by atoms with Gasteiger partial charge in [-0.25, -0.2) is 4.79 Å². The molecule has 3 N–H and O–H groups in total. The topological polar surface area (TPSA) is 90.5 Å². The number of imide groups is 2. The minimum absolute atomic E-state index is 0.146. The number of benzene rings is 1. The first-order valence-electron chi connectivity index (χ1n) is 6.61. The van der Waals surface area contributed by atoms with E-state index in [9.17, 15) is 14.4 Å². The molecule has 1 aromatic carbocycles. The molecule has 7 heteroatoms.